The third-order valence-corrected chi connectivity index (χ3v) is 5.09. The number of halogens is 1. The van der Waals surface area contributed by atoms with Crippen LogP contribution < -0.4 is 5.32 Å². The summed E-state index contributed by atoms with van der Waals surface area (Å²) in [6, 6.07) is 15.5. The average molecular weight is 347 g/mol. The van der Waals surface area contributed by atoms with Crippen molar-refractivity contribution in [3.05, 3.63) is 64.0 Å². The molecule has 0 radical (unpaired) electrons. The lowest BCUT2D eigenvalue weighted by Crippen LogP contribution is -2.18. The number of amides is 1. The van der Waals surface area contributed by atoms with Crippen molar-refractivity contribution in [3.8, 4) is 0 Å². The molecule has 2 aromatic rings. The summed E-state index contributed by atoms with van der Waals surface area (Å²) in [6.45, 7) is 0. The van der Waals surface area contributed by atoms with Crippen LogP contribution in [0.1, 0.15) is 5.56 Å². The molecule has 0 unspecified atom stereocenters. The van der Waals surface area contributed by atoms with Gasteiger partial charge in [0.15, 0.2) is 5.17 Å². The van der Waals surface area contributed by atoms with Crippen LogP contribution in [0.15, 0.2) is 63.2 Å². The molecule has 1 amide bonds. The van der Waals surface area contributed by atoms with Crippen molar-refractivity contribution in [1.29, 1.82) is 5.41 Å². The normalized spacial score (nSPS) is 16.1. The Kier molecular flexibility index (Phi) is 4.57. The average Bonchev–Trinajstić information content (AvgIpc) is 2.81. The van der Waals surface area contributed by atoms with E-state index < -0.39 is 0 Å². The van der Waals surface area contributed by atoms with Gasteiger partial charge < -0.3 is 5.32 Å². The van der Waals surface area contributed by atoms with Crippen LogP contribution in [-0.2, 0) is 4.79 Å². The number of hydrogen-bond donors (Lipinski definition) is 2. The highest BCUT2D eigenvalue weighted by atomic mass is 35.5. The first kappa shape index (κ1) is 15.2. The zero-order valence-corrected chi connectivity index (χ0v) is 13.7. The molecule has 0 bridgehead atoms. The van der Waals surface area contributed by atoms with Crippen molar-refractivity contribution in [3.63, 3.8) is 0 Å². The highest BCUT2D eigenvalue weighted by Gasteiger charge is 2.22. The van der Waals surface area contributed by atoms with E-state index in [2.05, 4.69) is 5.32 Å². The van der Waals surface area contributed by atoms with Crippen molar-refractivity contribution in [2.24, 2.45) is 0 Å². The van der Waals surface area contributed by atoms with Gasteiger partial charge in [-0.25, -0.2) is 0 Å². The topological polar surface area (TPSA) is 53.0 Å². The van der Waals surface area contributed by atoms with Crippen LogP contribution in [0.25, 0.3) is 6.08 Å². The van der Waals surface area contributed by atoms with E-state index in [9.17, 15) is 4.79 Å². The van der Waals surface area contributed by atoms with E-state index >= 15 is 0 Å². The molecule has 0 spiro atoms. The van der Waals surface area contributed by atoms with Gasteiger partial charge in [0.05, 0.1) is 4.91 Å². The van der Waals surface area contributed by atoms with E-state index in [0.717, 1.165) is 27.1 Å². The van der Waals surface area contributed by atoms with Crippen molar-refractivity contribution in [1.82, 2.24) is 5.32 Å². The molecule has 1 heterocycles. The molecule has 2 N–H and O–H groups in total. The molecule has 0 aliphatic carbocycles. The Labute approximate surface area is 141 Å². The second-order valence-corrected chi connectivity index (χ2v) is 7.09. The van der Waals surface area contributed by atoms with Crippen molar-refractivity contribution in [2.75, 3.05) is 0 Å². The Hall–Kier alpha value is -1.69. The summed E-state index contributed by atoms with van der Waals surface area (Å²) in [5.41, 5.74) is 0.954. The Balaban J connectivity index is 1.90. The predicted molar refractivity (Wildman–Crippen MR) is 93.5 cm³/mol. The van der Waals surface area contributed by atoms with Crippen LogP contribution in [0, 0.1) is 5.41 Å². The van der Waals surface area contributed by atoms with Crippen LogP contribution >= 0.6 is 35.1 Å². The summed E-state index contributed by atoms with van der Waals surface area (Å²) in [5.74, 6) is -0.221. The molecule has 1 aliphatic heterocycles. The lowest BCUT2D eigenvalue weighted by molar-refractivity contribution is -0.115. The van der Waals surface area contributed by atoms with Gasteiger partial charge in [0.25, 0.3) is 5.91 Å². The maximum Gasteiger partial charge on any atom is 0.264 e. The SMILES string of the molecule is N=C1NC(=O)/C(=C\c2ccccc2Sc2ccc(Cl)cc2)S1. The number of amidine groups is 1. The third kappa shape index (κ3) is 3.55. The first-order valence-corrected chi connectivity index (χ1v) is 8.45. The smallest absolute Gasteiger partial charge is 0.264 e. The van der Waals surface area contributed by atoms with Crippen LogP contribution in [0.4, 0.5) is 0 Å². The quantitative estimate of drug-likeness (QED) is 0.797. The van der Waals surface area contributed by atoms with Gasteiger partial charge in [-0.05, 0) is 53.7 Å². The van der Waals surface area contributed by atoms with Gasteiger partial charge in [-0.3, -0.25) is 10.2 Å². The van der Waals surface area contributed by atoms with Gasteiger partial charge in [-0.15, -0.1) is 0 Å². The Morgan fingerprint density at radius 2 is 1.86 bits per heavy atom. The molecular weight excluding hydrogens is 336 g/mol. The molecule has 6 heteroatoms. The molecule has 110 valence electrons. The first-order valence-electron chi connectivity index (χ1n) is 6.44. The minimum absolute atomic E-state index is 0.166. The summed E-state index contributed by atoms with van der Waals surface area (Å²) in [7, 11) is 0. The maximum atomic E-state index is 11.7. The lowest BCUT2D eigenvalue weighted by Gasteiger charge is -2.06. The zero-order valence-electron chi connectivity index (χ0n) is 11.3. The van der Waals surface area contributed by atoms with Crippen molar-refractivity contribution >= 4 is 52.3 Å². The number of carbonyl (C=O) groups excluding carboxylic acids is 1. The number of carbonyl (C=O) groups is 1. The molecule has 1 fully saturated rings. The molecule has 3 rings (SSSR count). The molecule has 1 saturated heterocycles. The molecule has 3 nitrogen and oxygen atoms in total. The highest BCUT2D eigenvalue weighted by Crippen LogP contribution is 2.34. The molecule has 2 aromatic carbocycles. The fourth-order valence-electron chi connectivity index (χ4n) is 1.91. The fraction of sp³-hybridized carbons (Fsp3) is 0. The Morgan fingerprint density at radius 1 is 1.14 bits per heavy atom. The van der Waals surface area contributed by atoms with Crippen LogP contribution in [-0.4, -0.2) is 11.1 Å². The molecule has 0 aromatic heterocycles. The van der Waals surface area contributed by atoms with Gasteiger partial charge in [0.1, 0.15) is 0 Å². The second kappa shape index (κ2) is 6.60. The summed E-state index contributed by atoms with van der Waals surface area (Å²) >= 11 is 8.66. The summed E-state index contributed by atoms with van der Waals surface area (Å²) in [6.07, 6.45) is 1.82. The number of nitrogens with one attached hydrogen (secondary N) is 2. The summed E-state index contributed by atoms with van der Waals surface area (Å²) in [5, 5.41) is 10.9. The van der Waals surface area contributed by atoms with Crippen LogP contribution in [0.5, 0.6) is 0 Å². The maximum absolute atomic E-state index is 11.7. The number of rotatable bonds is 3. The number of hydrogen-bond acceptors (Lipinski definition) is 4. The van der Waals surface area contributed by atoms with E-state index in [-0.39, 0.29) is 11.1 Å². The highest BCUT2D eigenvalue weighted by molar-refractivity contribution is 8.18. The monoisotopic (exact) mass is 346 g/mol. The predicted octanol–water partition coefficient (Wildman–Crippen LogP) is 4.63. The Morgan fingerprint density at radius 3 is 2.55 bits per heavy atom. The second-order valence-electron chi connectivity index (χ2n) is 4.49. The third-order valence-electron chi connectivity index (χ3n) is 2.91. The van der Waals surface area contributed by atoms with E-state index in [1.54, 1.807) is 11.8 Å². The van der Waals surface area contributed by atoms with Crippen molar-refractivity contribution < 1.29 is 4.79 Å². The van der Waals surface area contributed by atoms with E-state index in [4.69, 9.17) is 17.0 Å². The summed E-state index contributed by atoms with van der Waals surface area (Å²) < 4.78 is 0. The summed E-state index contributed by atoms with van der Waals surface area (Å²) in [4.78, 5) is 14.4. The lowest BCUT2D eigenvalue weighted by atomic mass is 10.2. The van der Waals surface area contributed by atoms with Gasteiger partial charge in [-0.2, -0.15) is 0 Å². The number of thioether (sulfide) groups is 1. The fourth-order valence-corrected chi connectivity index (χ4v) is 3.64. The molecular formula is C16H11ClN2OS2. The molecule has 0 atom stereocenters. The first-order chi connectivity index (χ1) is 10.6. The zero-order chi connectivity index (χ0) is 15.5. The molecule has 1 aliphatic rings. The van der Waals surface area contributed by atoms with Gasteiger partial charge in [0.2, 0.25) is 0 Å². The van der Waals surface area contributed by atoms with E-state index in [0.29, 0.717) is 9.93 Å². The van der Waals surface area contributed by atoms with Crippen molar-refractivity contribution in [2.45, 2.75) is 9.79 Å². The minimum atomic E-state index is -0.221. The molecule has 22 heavy (non-hydrogen) atoms. The van der Waals surface area contributed by atoms with Gasteiger partial charge >= 0.3 is 0 Å². The van der Waals surface area contributed by atoms with E-state index in [1.165, 1.54) is 0 Å². The van der Waals surface area contributed by atoms with E-state index in [1.807, 2.05) is 54.6 Å². The van der Waals surface area contributed by atoms with Crippen LogP contribution in [0.3, 0.4) is 0 Å². The number of benzene rings is 2. The molecule has 0 saturated carbocycles. The van der Waals surface area contributed by atoms with Gasteiger partial charge in [-0.1, -0.05) is 41.6 Å². The largest absolute Gasteiger partial charge is 0.301 e. The standard InChI is InChI=1S/C16H11ClN2OS2/c17-11-5-7-12(8-6-11)21-13-4-2-1-3-10(13)9-14-15(20)19-16(18)22-14/h1-9H,(H2,18,19,20)/b14-9+. The minimum Gasteiger partial charge on any atom is -0.301 e. The van der Waals surface area contributed by atoms with Gasteiger partial charge in [0, 0.05) is 14.8 Å². The van der Waals surface area contributed by atoms with Crippen LogP contribution in [0.2, 0.25) is 5.02 Å². The Bertz CT molecular complexity index is 772.